The Balaban J connectivity index is 1.52. The highest BCUT2D eigenvalue weighted by atomic mass is 16.3. The highest BCUT2D eigenvalue weighted by Gasteiger charge is 2.21. The molecule has 1 heterocycles. The number of anilines is 1. The van der Waals surface area contributed by atoms with Crippen molar-refractivity contribution in [2.24, 2.45) is 4.99 Å². The Hall–Kier alpha value is -3.42. The molecule has 4 N–H and O–H groups in total. The first-order valence-electron chi connectivity index (χ1n) is 10.2. The molecule has 2 aromatic carbocycles. The first kappa shape index (κ1) is 21.3. The molecular formula is C22H29N5O3. The van der Waals surface area contributed by atoms with E-state index < -0.39 is 0 Å². The molecule has 0 aliphatic carbocycles. The average Bonchev–Trinajstić information content (AvgIpc) is 2.76. The summed E-state index contributed by atoms with van der Waals surface area (Å²) in [6, 6.07) is 13.9. The van der Waals surface area contributed by atoms with E-state index in [0.29, 0.717) is 18.8 Å². The monoisotopic (exact) mass is 411 g/mol. The molecule has 0 unspecified atom stereocenters. The minimum absolute atomic E-state index is 0.0332. The second-order valence-corrected chi connectivity index (χ2v) is 6.97. The van der Waals surface area contributed by atoms with Crippen LogP contribution < -0.4 is 15.5 Å². The van der Waals surface area contributed by atoms with Gasteiger partial charge in [0.25, 0.3) is 5.91 Å². The molecule has 3 rings (SSSR count). The Morgan fingerprint density at radius 1 is 0.967 bits per heavy atom. The summed E-state index contributed by atoms with van der Waals surface area (Å²) < 4.78 is 0. The number of phenols is 2. The number of aliphatic imine (C=N–C) groups is 1. The molecule has 0 radical (unpaired) electrons. The summed E-state index contributed by atoms with van der Waals surface area (Å²) in [5, 5.41) is 25.9. The maximum Gasteiger partial charge on any atom is 0.255 e. The van der Waals surface area contributed by atoms with Gasteiger partial charge in [0.05, 0.1) is 17.8 Å². The number of para-hydroxylation sites is 3. The molecule has 30 heavy (non-hydrogen) atoms. The van der Waals surface area contributed by atoms with Crippen molar-refractivity contribution < 1.29 is 15.0 Å². The summed E-state index contributed by atoms with van der Waals surface area (Å²) in [7, 11) is 0. The summed E-state index contributed by atoms with van der Waals surface area (Å²) in [5.41, 5.74) is 1.11. The minimum atomic E-state index is -0.315. The summed E-state index contributed by atoms with van der Waals surface area (Å²) in [6.07, 6.45) is 0. The van der Waals surface area contributed by atoms with Gasteiger partial charge in [0, 0.05) is 39.3 Å². The standard InChI is InChI=1S/C22H29N5O3/c1-2-23-22(25-12-11-24-21(30)17-7-3-5-9-19(17)28)27-15-13-26(14-16-27)18-8-4-6-10-20(18)29/h3-10,28-29H,2,11-16H2,1H3,(H,23,25)(H,24,30). The normalized spacial score (nSPS) is 14.5. The van der Waals surface area contributed by atoms with Crippen LogP contribution in [-0.4, -0.2) is 72.8 Å². The lowest BCUT2D eigenvalue weighted by atomic mass is 10.2. The van der Waals surface area contributed by atoms with Crippen molar-refractivity contribution in [2.75, 3.05) is 50.7 Å². The molecule has 0 aromatic heterocycles. The van der Waals surface area contributed by atoms with Crippen LogP contribution >= 0.6 is 0 Å². The van der Waals surface area contributed by atoms with Crippen LogP contribution in [0.25, 0.3) is 0 Å². The summed E-state index contributed by atoms with van der Waals surface area (Å²) in [6.45, 7) is 6.71. The zero-order chi connectivity index (χ0) is 21.3. The molecule has 8 heteroatoms. The third-order valence-electron chi connectivity index (χ3n) is 4.94. The second-order valence-electron chi connectivity index (χ2n) is 6.97. The van der Waals surface area contributed by atoms with Crippen LogP contribution in [0.3, 0.4) is 0 Å². The summed E-state index contributed by atoms with van der Waals surface area (Å²) in [4.78, 5) is 21.1. The lowest BCUT2D eigenvalue weighted by Crippen LogP contribution is -2.52. The van der Waals surface area contributed by atoms with E-state index in [1.54, 1.807) is 24.3 Å². The van der Waals surface area contributed by atoms with E-state index in [0.717, 1.165) is 44.4 Å². The molecular weight excluding hydrogens is 382 g/mol. The highest BCUT2D eigenvalue weighted by Crippen LogP contribution is 2.27. The molecule has 1 aliphatic rings. The van der Waals surface area contributed by atoms with E-state index in [1.165, 1.54) is 6.07 Å². The first-order valence-corrected chi connectivity index (χ1v) is 10.2. The molecule has 1 amide bonds. The van der Waals surface area contributed by atoms with E-state index in [1.807, 2.05) is 25.1 Å². The van der Waals surface area contributed by atoms with Gasteiger partial charge < -0.3 is 30.6 Å². The van der Waals surface area contributed by atoms with Gasteiger partial charge >= 0.3 is 0 Å². The molecule has 0 atom stereocenters. The van der Waals surface area contributed by atoms with Crippen LogP contribution in [0.2, 0.25) is 0 Å². The topological polar surface area (TPSA) is 100 Å². The quantitative estimate of drug-likeness (QED) is 0.327. The molecule has 0 bridgehead atoms. The number of benzene rings is 2. The number of carbonyl (C=O) groups is 1. The van der Waals surface area contributed by atoms with Crippen LogP contribution in [0.5, 0.6) is 11.5 Å². The maximum atomic E-state index is 12.2. The number of hydrogen-bond donors (Lipinski definition) is 4. The SMILES string of the molecule is CCNC(=NCCNC(=O)c1ccccc1O)N1CCN(c2ccccc2O)CC1. The zero-order valence-electron chi connectivity index (χ0n) is 17.2. The van der Waals surface area contributed by atoms with Gasteiger partial charge in [0.15, 0.2) is 5.96 Å². The Morgan fingerprint density at radius 2 is 1.63 bits per heavy atom. The largest absolute Gasteiger partial charge is 0.507 e. The lowest BCUT2D eigenvalue weighted by molar-refractivity contribution is 0.0952. The Bertz CT molecular complexity index is 879. The van der Waals surface area contributed by atoms with Gasteiger partial charge in [0.1, 0.15) is 11.5 Å². The molecule has 1 aliphatic heterocycles. The van der Waals surface area contributed by atoms with Gasteiger partial charge in [0.2, 0.25) is 0 Å². The van der Waals surface area contributed by atoms with Gasteiger partial charge in [-0.05, 0) is 31.2 Å². The number of amides is 1. The van der Waals surface area contributed by atoms with Crippen molar-refractivity contribution >= 4 is 17.6 Å². The minimum Gasteiger partial charge on any atom is -0.507 e. The summed E-state index contributed by atoms with van der Waals surface area (Å²) >= 11 is 0. The Kier molecular flexibility index (Phi) is 7.37. The van der Waals surface area contributed by atoms with Crippen molar-refractivity contribution in [2.45, 2.75) is 6.92 Å². The molecule has 0 spiro atoms. The van der Waals surface area contributed by atoms with Gasteiger partial charge in [-0.15, -0.1) is 0 Å². The number of nitrogens with one attached hydrogen (secondary N) is 2. The third-order valence-corrected chi connectivity index (χ3v) is 4.94. The van der Waals surface area contributed by atoms with E-state index in [-0.39, 0.29) is 17.2 Å². The molecule has 0 saturated carbocycles. The van der Waals surface area contributed by atoms with Crippen molar-refractivity contribution in [3.63, 3.8) is 0 Å². The molecule has 2 aromatic rings. The fourth-order valence-corrected chi connectivity index (χ4v) is 3.41. The number of phenolic OH excluding ortho intramolecular Hbond substituents is 2. The van der Waals surface area contributed by atoms with Gasteiger partial charge in [-0.1, -0.05) is 24.3 Å². The highest BCUT2D eigenvalue weighted by molar-refractivity contribution is 5.96. The average molecular weight is 412 g/mol. The number of hydrogen-bond acceptors (Lipinski definition) is 5. The van der Waals surface area contributed by atoms with Crippen molar-refractivity contribution in [1.82, 2.24) is 15.5 Å². The van der Waals surface area contributed by atoms with E-state index in [4.69, 9.17) is 0 Å². The molecule has 1 fully saturated rings. The van der Waals surface area contributed by atoms with Crippen LogP contribution in [-0.2, 0) is 0 Å². The zero-order valence-corrected chi connectivity index (χ0v) is 17.2. The van der Waals surface area contributed by atoms with Crippen LogP contribution in [0.4, 0.5) is 5.69 Å². The fourth-order valence-electron chi connectivity index (χ4n) is 3.41. The van der Waals surface area contributed by atoms with Gasteiger partial charge in [-0.25, -0.2) is 0 Å². The van der Waals surface area contributed by atoms with E-state index in [2.05, 4.69) is 25.4 Å². The number of carbonyl (C=O) groups excluding carboxylic acids is 1. The van der Waals surface area contributed by atoms with E-state index >= 15 is 0 Å². The maximum absolute atomic E-state index is 12.2. The first-order chi connectivity index (χ1) is 14.6. The fraction of sp³-hybridized carbons (Fsp3) is 0.364. The Labute approximate surface area is 176 Å². The molecule has 8 nitrogen and oxygen atoms in total. The van der Waals surface area contributed by atoms with E-state index in [9.17, 15) is 15.0 Å². The van der Waals surface area contributed by atoms with Crippen molar-refractivity contribution in [3.8, 4) is 11.5 Å². The number of aromatic hydroxyl groups is 2. The second kappa shape index (κ2) is 10.4. The van der Waals surface area contributed by atoms with Crippen molar-refractivity contribution in [3.05, 3.63) is 54.1 Å². The lowest BCUT2D eigenvalue weighted by Gasteiger charge is -2.37. The number of piperazine rings is 1. The number of guanidine groups is 1. The van der Waals surface area contributed by atoms with Crippen LogP contribution in [0.15, 0.2) is 53.5 Å². The van der Waals surface area contributed by atoms with Gasteiger partial charge in [-0.2, -0.15) is 0 Å². The van der Waals surface area contributed by atoms with Crippen LogP contribution in [0, 0.1) is 0 Å². The molecule has 160 valence electrons. The predicted molar refractivity (Wildman–Crippen MR) is 118 cm³/mol. The number of rotatable bonds is 6. The third kappa shape index (κ3) is 5.34. The summed E-state index contributed by atoms with van der Waals surface area (Å²) in [5.74, 6) is 0.761. The predicted octanol–water partition coefficient (Wildman–Crippen LogP) is 1.62. The number of nitrogens with zero attached hydrogens (tertiary/aromatic N) is 3. The van der Waals surface area contributed by atoms with Crippen LogP contribution in [0.1, 0.15) is 17.3 Å². The Morgan fingerprint density at radius 3 is 2.30 bits per heavy atom. The van der Waals surface area contributed by atoms with Gasteiger partial charge in [-0.3, -0.25) is 9.79 Å². The molecule has 1 saturated heterocycles. The van der Waals surface area contributed by atoms with Crippen molar-refractivity contribution in [1.29, 1.82) is 0 Å². The smallest absolute Gasteiger partial charge is 0.255 e.